The lowest BCUT2D eigenvalue weighted by molar-refractivity contribution is -0.286. The van der Waals surface area contributed by atoms with Gasteiger partial charge in [-0.15, -0.1) is 8.78 Å². The van der Waals surface area contributed by atoms with E-state index in [-0.39, 0.29) is 23.3 Å². The fraction of sp³-hybridized carbons (Fsp3) is 0.280. The number of pyridine rings is 1. The topological polar surface area (TPSA) is 78.7 Å². The van der Waals surface area contributed by atoms with Crippen molar-refractivity contribution < 1.29 is 36.0 Å². The highest BCUT2D eigenvalue weighted by Gasteiger charge is 2.43. The molecule has 8 nitrogen and oxygen atoms in total. The molecule has 0 saturated carbocycles. The van der Waals surface area contributed by atoms with Crippen molar-refractivity contribution in [2.24, 2.45) is 0 Å². The molecule has 4 heterocycles. The number of ether oxygens (including phenoxy) is 3. The van der Waals surface area contributed by atoms with Gasteiger partial charge in [0.2, 0.25) is 0 Å². The molecule has 38 heavy (non-hydrogen) atoms. The number of aromatic nitrogens is 3. The van der Waals surface area contributed by atoms with Crippen LogP contribution >= 0.6 is 0 Å². The molecule has 0 amide bonds. The van der Waals surface area contributed by atoms with Crippen LogP contribution in [0.25, 0.3) is 22.6 Å². The van der Waals surface area contributed by atoms with Crippen molar-refractivity contribution in [3.8, 4) is 28.6 Å². The van der Waals surface area contributed by atoms with E-state index in [0.29, 0.717) is 53.4 Å². The van der Waals surface area contributed by atoms with E-state index < -0.39 is 23.9 Å². The molecule has 1 unspecified atom stereocenters. The maximum absolute atomic E-state index is 13.4. The van der Waals surface area contributed by atoms with Crippen molar-refractivity contribution in [2.45, 2.75) is 36.7 Å². The number of imidazole rings is 1. The number of alkyl halides is 4. The number of para-hydroxylation sites is 1. The van der Waals surface area contributed by atoms with Crippen molar-refractivity contribution in [2.75, 3.05) is 13.1 Å². The van der Waals surface area contributed by atoms with Crippen molar-refractivity contribution in [1.29, 1.82) is 0 Å². The van der Waals surface area contributed by atoms with Crippen LogP contribution in [0, 0.1) is 0 Å². The Morgan fingerprint density at radius 2 is 1.79 bits per heavy atom. The molecule has 0 N–H and O–H groups in total. The number of hydrogen-bond acceptors (Lipinski definition) is 6. The molecule has 6 rings (SSSR count). The standard InChI is InChI=1S/C25H20F4N4O4S/c26-24(27)35-19-6-2-1-4-17(19)22-31-18-5-3-11-30-23(18)33(22)15-9-12-32(13-10-15)38(34)16-7-8-20-21(14-16)37-25(28,29)36-20/h1-8,11,14-15,24H,9-10,12-13H2. The molecule has 1 fully saturated rings. The molecule has 4 aromatic rings. The van der Waals surface area contributed by atoms with E-state index in [0.717, 1.165) is 0 Å². The zero-order chi connectivity index (χ0) is 26.4. The quantitative estimate of drug-likeness (QED) is 0.301. The first kappa shape index (κ1) is 24.6. The van der Waals surface area contributed by atoms with Crippen molar-refractivity contribution in [3.05, 3.63) is 60.8 Å². The fourth-order valence-electron chi connectivity index (χ4n) is 4.77. The van der Waals surface area contributed by atoms with Crippen LogP contribution in [0.4, 0.5) is 17.6 Å². The van der Waals surface area contributed by atoms with E-state index in [1.165, 1.54) is 24.3 Å². The Bertz CT molecular complexity index is 1520. The Morgan fingerprint density at radius 3 is 2.58 bits per heavy atom. The summed E-state index contributed by atoms with van der Waals surface area (Å²) in [5.74, 6) is 0.177. The average Bonchev–Trinajstić information content (AvgIpc) is 3.43. The zero-order valence-electron chi connectivity index (χ0n) is 19.6. The lowest BCUT2D eigenvalue weighted by Gasteiger charge is -2.32. The van der Waals surface area contributed by atoms with Gasteiger partial charge in [-0.2, -0.15) is 8.78 Å². The molecule has 0 radical (unpaired) electrons. The minimum atomic E-state index is -3.75. The van der Waals surface area contributed by atoms with E-state index in [4.69, 9.17) is 4.74 Å². The summed E-state index contributed by atoms with van der Waals surface area (Å²) >= 11 is 0. The molecular weight excluding hydrogens is 528 g/mol. The Labute approximate surface area is 216 Å². The number of rotatable bonds is 6. The number of nitrogens with zero attached hydrogens (tertiary/aromatic N) is 4. The van der Waals surface area contributed by atoms with E-state index >= 15 is 0 Å². The minimum absolute atomic E-state index is 0.00554. The summed E-state index contributed by atoms with van der Waals surface area (Å²) in [5, 5.41) is 0. The smallest absolute Gasteiger partial charge is 0.434 e. The van der Waals surface area contributed by atoms with Gasteiger partial charge in [-0.05, 0) is 49.2 Å². The summed E-state index contributed by atoms with van der Waals surface area (Å²) in [6.45, 7) is -2.15. The van der Waals surface area contributed by atoms with Crippen LogP contribution in [0.15, 0.2) is 65.7 Å². The number of benzene rings is 2. The third-order valence-electron chi connectivity index (χ3n) is 6.39. The first-order valence-electron chi connectivity index (χ1n) is 11.7. The Kier molecular flexibility index (Phi) is 6.19. The van der Waals surface area contributed by atoms with Crippen LogP contribution in [-0.4, -0.2) is 49.0 Å². The lowest BCUT2D eigenvalue weighted by atomic mass is 10.1. The molecule has 2 aliphatic rings. The SMILES string of the molecule is O=S(c1ccc2c(c1)OC(F)(F)O2)N1CCC(n2c(-c3ccccc3OC(F)F)nc3cccnc32)CC1. The van der Waals surface area contributed by atoms with E-state index in [9.17, 15) is 21.8 Å². The maximum atomic E-state index is 13.4. The van der Waals surface area contributed by atoms with Crippen LogP contribution in [0.5, 0.6) is 17.2 Å². The highest BCUT2D eigenvalue weighted by Crippen LogP contribution is 2.42. The summed E-state index contributed by atoms with van der Waals surface area (Å²) in [7, 11) is -1.62. The molecular formula is C25H20F4N4O4S. The third kappa shape index (κ3) is 4.56. The van der Waals surface area contributed by atoms with Crippen molar-refractivity contribution in [1.82, 2.24) is 18.8 Å². The van der Waals surface area contributed by atoms with Gasteiger partial charge >= 0.3 is 12.9 Å². The molecule has 2 aromatic carbocycles. The number of hydrogen-bond donors (Lipinski definition) is 0. The first-order valence-corrected chi connectivity index (χ1v) is 12.8. The second-order valence-electron chi connectivity index (χ2n) is 8.71. The zero-order valence-corrected chi connectivity index (χ0v) is 20.4. The van der Waals surface area contributed by atoms with Crippen molar-refractivity contribution >= 4 is 22.1 Å². The number of piperidine rings is 1. The minimum Gasteiger partial charge on any atom is -0.434 e. The van der Waals surface area contributed by atoms with Gasteiger partial charge in [-0.25, -0.2) is 18.5 Å². The Balaban J connectivity index is 1.26. The average molecular weight is 549 g/mol. The first-order chi connectivity index (χ1) is 18.3. The molecule has 198 valence electrons. The predicted molar refractivity (Wildman–Crippen MR) is 128 cm³/mol. The Hall–Kier alpha value is -3.71. The predicted octanol–water partition coefficient (Wildman–Crippen LogP) is 5.38. The van der Waals surface area contributed by atoms with Gasteiger partial charge in [0.15, 0.2) is 17.1 Å². The highest BCUT2D eigenvalue weighted by molar-refractivity contribution is 7.82. The van der Waals surface area contributed by atoms with Gasteiger partial charge in [0, 0.05) is 31.4 Å². The van der Waals surface area contributed by atoms with Gasteiger partial charge in [-0.1, -0.05) is 12.1 Å². The summed E-state index contributed by atoms with van der Waals surface area (Å²) in [4.78, 5) is 9.50. The van der Waals surface area contributed by atoms with Gasteiger partial charge in [0.1, 0.15) is 28.1 Å². The van der Waals surface area contributed by atoms with Crippen molar-refractivity contribution in [3.63, 3.8) is 0 Å². The molecule has 1 saturated heterocycles. The number of halogens is 4. The van der Waals surface area contributed by atoms with E-state index in [1.54, 1.807) is 40.8 Å². The molecule has 0 bridgehead atoms. The summed E-state index contributed by atoms with van der Waals surface area (Å²) in [6.07, 6.45) is -0.999. The van der Waals surface area contributed by atoms with Gasteiger partial charge < -0.3 is 18.8 Å². The molecule has 2 aromatic heterocycles. The van der Waals surface area contributed by atoms with Crippen LogP contribution in [-0.2, 0) is 11.0 Å². The fourth-order valence-corrected chi connectivity index (χ4v) is 6.00. The Morgan fingerprint density at radius 1 is 1.03 bits per heavy atom. The van der Waals surface area contributed by atoms with E-state index in [1.807, 2.05) is 4.57 Å². The molecule has 1 atom stereocenters. The second-order valence-corrected chi connectivity index (χ2v) is 10.2. The lowest BCUT2D eigenvalue weighted by Crippen LogP contribution is -2.36. The molecule has 0 spiro atoms. The third-order valence-corrected chi connectivity index (χ3v) is 7.88. The van der Waals surface area contributed by atoms with Crippen LogP contribution in [0.1, 0.15) is 18.9 Å². The second kappa shape index (κ2) is 9.55. The highest BCUT2D eigenvalue weighted by atomic mass is 32.2. The number of fused-ring (bicyclic) bond motifs is 2. The maximum Gasteiger partial charge on any atom is 0.586 e. The summed E-state index contributed by atoms with van der Waals surface area (Å²) < 4.78 is 83.5. The van der Waals surface area contributed by atoms with Gasteiger partial charge in [-0.3, -0.25) is 0 Å². The van der Waals surface area contributed by atoms with Gasteiger partial charge in [0.25, 0.3) is 0 Å². The van der Waals surface area contributed by atoms with Crippen LogP contribution in [0.2, 0.25) is 0 Å². The largest absolute Gasteiger partial charge is 0.586 e. The molecule has 13 heteroatoms. The summed E-state index contributed by atoms with van der Waals surface area (Å²) in [5.41, 5.74) is 1.62. The normalized spacial score (nSPS) is 18.2. The monoisotopic (exact) mass is 548 g/mol. The van der Waals surface area contributed by atoms with Crippen LogP contribution in [0.3, 0.4) is 0 Å². The summed E-state index contributed by atoms with van der Waals surface area (Å²) in [6, 6.07) is 14.0. The van der Waals surface area contributed by atoms with Crippen LogP contribution < -0.4 is 14.2 Å². The molecule has 0 aliphatic carbocycles. The van der Waals surface area contributed by atoms with E-state index in [2.05, 4.69) is 19.4 Å². The molecule has 2 aliphatic heterocycles. The van der Waals surface area contributed by atoms with Gasteiger partial charge in [0.05, 0.1) is 10.5 Å².